The van der Waals surface area contributed by atoms with Gasteiger partial charge in [0.2, 0.25) is 0 Å². The van der Waals surface area contributed by atoms with E-state index in [0.29, 0.717) is 0 Å². The lowest BCUT2D eigenvalue weighted by molar-refractivity contribution is 0.401. The summed E-state index contributed by atoms with van der Waals surface area (Å²) in [5.41, 5.74) is 0. The van der Waals surface area contributed by atoms with E-state index in [0.717, 1.165) is 0 Å². The largest absolute Gasteiger partial charge is 0.399 e. The van der Waals surface area contributed by atoms with Crippen LogP contribution in [0.3, 0.4) is 0 Å². The fraction of sp³-hybridized carbons (Fsp3) is 0. The first kappa shape index (κ1) is 11.5. The van der Waals surface area contributed by atoms with E-state index in [-0.39, 0.29) is 21.0 Å². The summed E-state index contributed by atoms with van der Waals surface area (Å²) in [6.07, 6.45) is 0. The Hall–Kier alpha value is 0.454. The molecule has 0 saturated carbocycles. The highest BCUT2D eigenvalue weighted by atomic mass is 32.2. The molecule has 0 aromatic heterocycles. The molecule has 11 heteroatoms. The predicted molar refractivity (Wildman–Crippen MR) is 44.3 cm³/mol. The Balaban J connectivity index is 4.47. The van der Waals surface area contributed by atoms with Crippen LogP contribution in [0.2, 0.25) is 0 Å². The Bertz CT molecular complexity index is 250. The molecule has 0 fully saturated rings. The van der Waals surface area contributed by atoms with Gasteiger partial charge >= 0.3 is 18.1 Å². The van der Waals surface area contributed by atoms with Crippen LogP contribution in [0.5, 0.6) is 0 Å². The third-order valence-electron chi connectivity index (χ3n) is 0.708. The smallest absolute Gasteiger partial charge is 0.351 e. The second-order valence-corrected chi connectivity index (χ2v) is 7.03. The van der Waals surface area contributed by atoms with E-state index < -0.39 is 18.1 Å². The molecule has 11 heavy (non-hydrogen) atoms. The van der Waals surface area contributed by atoms with Gasteiger partial charge in [0.15, 0.2) is 21.0 Å². The van der Waals surface area contributed by atoms with Gasteiger partial charge in [-0.15, -0.1) is 0 Å². The minimum atomic E-state index is -4.52. The summed E-state index contributed by atoms with van der Waals surface area (Å²) in [4.78, 5) is 0. The summed E-state index contributed by atoms with van der Waals surface area (Å²) in [6, 6.07) is 0. The van der Waals surface area contributed by atoms with E-state index in [1.54, 1.807) is 0 Å². The number of hydrogen-bond donors (Lipinski definition) is 2. The van der Waals surface area contributed by atoms with Crippen molar-refractivity contribution in [2.45, 2.75) is 0 Å². The van der Waals surface area contributed by atoms with Crippen molar-refractivity contribution in [1.29, 1.82) is 0 Å². The Morgan fingerprint density at radius 1 is 1.36 bits per heavy atom. The van der Waals surface area contributed by atoms with Crippen LogP contribution in [-0.4, -0.2) is 33.9 Å². The molecule has 2 N–H and O–H groups in total. The SMILES string of the molecule is O=P(NS(=O)(=O)O)(O[SiH3])O[SiH3]. The maximum atomic E-state index is 10.9. The maximum absolute atomic E-state index is 10.9. The highest BCUT2D eigenvalue weighted by Gasteiger charge is 2.25. The second-order valence-electron chi connectivity index (χ2n) is 1.43. The van der Waals surface area contributed by atoms with Crippen molar-refractivity contribution in [3.63, 3.8) is 0 Å². The van der Waals surface area contributed by atoms with E-state index in [4.69, 9.17) is 4.55 Å². The molecule has 0 heterocycles. The van der Waals surface area contributed by atoms with Gasteiger partial charge in [0.25, 0.3) is 0 Å². The topological polar surface area (TPSA) is 102 Å². The van der Waals surface area contributed by atoms with Crippen LogP contribution in [0.1, 0.15) is 0 Å². The van der Waals surface area contributed by atoms with Gasteiger partial charge in [-0.25, -0.2) is 4.57 Å². The van der Waals surface area contributed by atoms with E-state index in [9.17, 15) is 13.0 Å². The first-order valence-electron chi connectivity index (χ1n) is 2.31. The number of rotatable bonds is 4. The number of hydrogen-bond acceptors (Lipinski definition) is 5. The molecular formula is H8NO6PSSi2. The molecule has 0 radical (unpaired) electrons. The standard InChI is InChI=1S/H8NO6PSSi2/c2-8(6-10,7-11)1-9(3,4)5/h10-11H3,(H,1,2)(H,3,4,5). The third-order valence-corrected chi connectivity index (χ3v) is 6.37. The molecule has 0 aliphatic rings. The summed E-state index contributed by atoms with van der Waals surface area (Å²) in [6.45, 7) is 0. The van der Waals surface area contributed by atoms with Crippen LogP contribution < -0.4 is 4.49 Å². The molecule has 0 atom stereocenters. The van der Waals surface area contributed by atoms with Gasteiger partial charge in [0, 0.05) is 0 Å². The fourth-order valence-corrected chi connectivity index (χ4v) is 5.30. The Kier molecular flexibility index (Phi) is 4.07. The fourth-order valence-electron chi connectivity index (χ4n) is 0.290. The van der Waals surface area contributed by atoms with E-state index in [2.05, 4.69) is 8.43 Å². The highest BCUT2D eigenvalue weighted by molar-refractivity contribution is 7.90. The molecule has 0 aliphatic heterocycles. The molecule has 0 spiro atoms. The molecular weight excluding hydrogens is 229 g/mol. The van der Waals surface area contributed by atoms with Gasteiger partial charge in [-0.05, 0) is 0 Å². The first-order chi connectivity index (χ1) is 4.83. The van der Waals surface area contributed by atoms with E-state index >= 15 is 0 Å². The highest BCUT2D eigenvalue weighted by Crippen LogP contribution is 2.41. The van der Waals surface area contributed by atoms with Gasteiger partial charge in [0.05, 0.1) is 0 Å². The molecule has 0 aliphatic carbocycles. The first-order valence-corrected chi connectivity index (χ1v) is 6.92. The zero-order chi connectivity index (χ0) is 9.12. The monoisotopic (exact) mass is 237 g/mol. The van der Waals surface area contributed by atoms with Crippen molar-refractivity contribution in [3.05, 3.63) is 0 Å². The van der Waals surface area contributed by atoms with Gasteiger partial charge in [-0.2, -0.15) is 8.42 Å². The van der Waals surface area contributed by atoms with E-state index in [1.165, 1.54) is 4.49 Å². The lowest BCUT2D eigenvalue weighted by Gasteiger charge is -2.12. The van der Waals surface area contributed by atoms with Crippen LogP contribution in [-0.2, 0) is 23.3 Å². The lowest BCUT2D eigenvalue weighted by Crippen LogP contribution is -2.21. The third kappa shape index (κ3) is 4.82. The van der Waals surface area contributed by atoms with Crippen LogP contribution in [0.25, 0.3) is 0 Å². The van der Waals surface area contributed by atoms with Crippen LogP contribution >= 0.6 is 7.75 Å². The van der Waals surface area contributed by atoms with Crippen LogP contribution in [0.4, 0.5) is 0 Å². The normalized spacial score (nSPS) is 18.3. The number of nitrogens with one attached hydrogen (secondary N) is 1. The van der Waals surface area contributed by atoms with Crippen molar-refractivity contribution in [3.8, 4) is 0 Å². The average Bonchev–Trinajstić information content (AvgIpc) is 1.84. The van der Waals surface area contributed by atoms with Crippen molar-refractivity contribution in [1.82, 2.24) is 4.49 Å². The lowest BCUT2D eigenvalue weighted by atomic mass is 13.9. The molecule has 0 amide bonds. The minimum absolute atomic E-state index is 0.0458. The molecule has 0 aromatic rings. The van der Waals surface area contributed by atoms with Crippen LogP contribution in [0, 0.1) is 0 Å². The minimum Gasteiger partial charge on any atom is -0.351 e. The molecule has 7 nitrogen and oxygen atoms in total. The van der Waals surface area contributed by atoms with Gasteiger partial charge in [-0.1, -0.05) is 4.49 Å². The summed E-state index contributed by atoms with van der Waals surface area (Å²) >= 11 is 0. The second kappa shape index (κ2) is 3.91. The van der Waals surface area contributed by atoms with Crippen molar-refractivity contribution in [2.24, 2.45) is 0 Å². The molecule has 68 valence electrons. The van der Waals surface area contributed by atoms with Gasteiger partial charge < -0.3 is 8.43 Å². The van der Waals surface area contributed by atoms with Gasteiger partial charge in [0.1, 0.15) is 0 Å². The van der Waals surface area contributed by atoms with Crippen LogP contribution in [0.15, 0.2) is 0 Å². The average molecular weight is 237 g/mol. The quantitative estimate of drug-likeness (QED) is 0.308. The van der Waals surface area contributed by atoms with E-state index in [1.807, 2.05) is 0 Å². The summed E-state index contributed by atoms with van der Waals surface area (Å²) in [5.74, 6) is 0. The summed E-state index contributed by atoms with van der Waals surface area (Å²) < 4.78 is 49.3. The molecule has 0 rings (SSSR count). The van der Waals surface area contributed by atoms with Crippen molar-refractivity contribution < 1.29 is 26.0 Å². The zero-order valence-electron chi connectivity index (χ0n) is 5.84. The molecule has 0 unspecified atom stereocenters. The molecule has 0 bridgehead atoms. The zero-order valence-corrected chi connectivity index (χ0v) is 11.6. The van der Waals surface area contributed by atoms with Gasteiger partial charge in [-0.3, -0.25) is 4.55 Å². The van der Waals surface area contributed by atoms with Crippen molar-refractivity contribution in [2.75, 3.05) is 0 Å². The maximum Gasteiger partial charge on any atom is 0.399 e. The Morgan fingerprint density at radius 3 is 1.82 bits per heavy atom. The Morgan fingerprint density at radius 2 is 1.73 bits per heavy atom. The Labute approximate surface area is 70.0 Å². The molecule has 0 aromatic carbocycles. The predicted octanol–water partition coefficient (Wildman–Crippen LogP) is -2.92. The molecule has 0 saturated heterocycles. The summed E-state index contributed by atoms with van der Waals surface area (Å²) in [5, 5.41) is 0. The van der Waals surface area contributed by atoms with Crippen molar-refractivity contribution >= 4 is 39.0 Å². The summed E-state index contributed by atoms with van der Waals surface area (Å²) in [7, 11) is -8.20.